The van der Waals surface area contributed by atoms with E-state index in [0.29, 0.717) is 23.3 Å². The Balaban J connectivity index is 1.67. The molecule has 1 amide bonds. The second kappa shape index (κ2) is 3.93. The Morgan fingerprint density at radius 3 is 3.00 bits per heavy atom. The maximum atomic E-state index is 12.6. The van der Waals surface area contributed by atoms with Crippen LogP contribution in [-0.4, -0.2) is 39.6 Å². The predicted molar refractivity (Wildman–Crippen MR) is 69.8 cm³/mol. The van der Waals surface area contributed by atoms with Crippen LogP contribution in [0, 0.1) is 17.8 Å². The van der Waals surface area contributed by atoms with Gasteiger partial charge in [-0.25, -0.2) is 4.98 Å². The second-order valence-corrected chi connectivity index (χ2v) is 6.29. The molecule has 2 heterocycles. The van der Waals surface area contributed by atoms with Gasteiger partial charge < -0.3 is 10.0 Å². The standard InChI is InChI=1S/C14H15ClN2O2/c15-13-9(2-1-3-16-13)14(19)17-6-8-4-7-5-10(8)11(17)12(7)18/h1-3,7-8,10-12,18H,4-6H2. The lowest BCUT2D eigenvalue weighted by molar-refractivity contribution is 0.0401. The lowest BCUT2D eigenvalue weighted by Gasteiger charge is -2.29. The van der Waals surface area contributed by atoms with Crippen LogP contribution in [0.5, 0.6) is 0 Å². The number of aliphatic hydroxyl groups excluding tert-OH is 1. The molecule has 1 aromatic heterocycles. The van der Waals surface area contributed by atoms with Gasteiger partial charge in [-0.15, -0.1) is 0 Å². The van der Waals surface area contributed by atoms with Gasteiger partial charge >= 0.3 is 0 Å². The lowest BCUT2D eigenvalue weighted by Crippen LogP contribution is -2.43. The van der Waals surface area contributed by atoms with E-state index in [2.05, 4.69) is 4.98 Å². The Morgan fingerprint density at radius 2 is 2.26 bits per heavy atom. The molecular formula is C14H15ClN2O2. The largest absolute Gasteiger partial charge is 0.391 e. The average molecular weight is 279 g/mol. The number of carbonyl (C=O) groups is 1. The first kappa shape index (κ1) is 11.7. The summed E-state index contributed by atoms with van der Waals surface area (Å²) in [4.78, 5) is 18.4. The molecule has 5 heteroatoms. The van der Waals surface area contributed by atoms with Crippen LogP contribution in [0.3, 0.4) is 0 Å². The summed E-state index contributed by atoms with van der Waals surface area (Å²) < 4.78 is 0. The smallest absolute Gasteiger partial charge is 0.257 e. The summed E-state index contributed by atoms with van der Waals surface area (Å²) >= 11 is 6.00. The van der Waals surface area contributed by atoms with Gasteiger partial charge in [0.05, 0.1) is 17.7 Å². The Labute approximate surface area is 116 Å². The van der Waals surface area contributed by atoms with Gasteiger partial charge in [-0.2, -0.15) is 0 Å². The number of hydrogen-bond donors (Lipinski definition) is 1. The van der Waals surface area contributed by atoms with Crippen molar-refractivity contribution in [1.29, 1.82) is 0 Å². The van der Waals surface area contributed by atoms with Crippen LogP contribution >= 0.6 is 11.6 Å². The zero-order chi connectivity index (χ0) is 13.1. The number of aromatic nitrogens is 1. The molecule has 2 aliphatic carbocycles. The van der Waals surface area contributed by atoms with E-state index in [-0.39, 0.29) is 23.2 Å². The summed E-state index contributed by atoms with van der Waals surface area (Å²) in [7, 11) is 0. The molecule has 1 saturated heterocycles. The highest BCUT2D eigenvalue weighted by Gasteiger charge is 2.60. The third-order valence-corrected chi connectivity index (χ3v) is 5.40. The number of likely N-dealkylation sites (tertiary alicyclic amines) is 1. The Morgan fingerprint density at radius 1 is 1.42 bits per heavy atom. The minimum atomic E-state index is -0.358. The molecule has 0 spiro atoms. The van der Waals surface area contributed by atoms with E-state index in [9.17, 15) is 9.90 Å². The molecule has 2 saturated carbocycles. The van der Waals surface area contributed by atoms with Gasteiger partial charge in [-0.05, 0) is 42.7 Å². The van der Waals surface area contributed by atoms with E-state index in [1.165, 1.54) is 0 Å². The number of fused-ring (bicyclic) bond motifs is 1. The molecule has 0 aromatic carbocycles. The zero-order valence-electron chi connectivity index (χ0n) is 10.4. The summed E-state index contributed by atoms with van der Waals surface area (Å²) in [6, 6.07) is 3.42. The van der Waals surface area contributed by atoms with E-state index in [4.69, 9.17) is 11.6 Å². The van der Waals surface area contributed by atoms with Crippen molar-refractivity contribution in [2.45, 2.75) is 25.0 Å². The van der Waals surface area contributed by atoms with Crippen molar-refractivity contribution < 1.29 is 9.90 Å². The maximum absolute atomic E-state index is 12.6. The Hall–Kier alpha value is -1.13. The summed E-state index contributed by atoms with van der Waals surface area (Å²) in [5, 5.41) is 10.5. The molecule has 5 unspecified atom stereocenters. The predicted octanol–water partition coefficient (Wildman–Crippen LogP) is 1.58. The van der Waals surface area contributed by atoms with Crippen molar-refractivity contribution in [3.05, 3.63) is 29.0 Å². The fourth-order valence-corrected chi connectivity index (χ4v) is 4.55. The highest BCUT2D eigenvalue weighted by molar-refractivity contribution is 6.32. The van der Waals surface area contributed by atoms with Crippen LogP contribution in [0.1, 0.15) is 23.2 Å². The number of aliphatic hydroxyl groups is 1. The van der Waals surface area contributed by atoms with Crippen LogP contribution < -0.4 is 0 Å². The van der Waals surface area contributed by atoms with E-state index < -0.39 is 0 Å². The zero-order valence-corrected chi connectivity index (χ0v) is 11.1. The van der Waals surface area contributed by atoms with Crippen LogP contribution in [0.2, 0.25) is 5.15 Å². The monoisotopic (exact) mass is 278 g/mol. The van der Waals surface area contributed by atoms with Crippen molar-refractivity contribution in [3.63, 3.8) is 0 Å². The summed E-state index contributed by atoms with van der Waals surface area (Å²) in [5.74, 6) is 1.36. The van der Waals surface area contributed by atoms with E-state index in [1.807, 2.05) is 4.90 Å². The third kappa shape index (κ3) is 1.50. The van der Waals surface area contributed by atoms with Crippen molar-refractivity contribution in [3.8, 4) is 0 Å². The number of hydrogen-bond acceptors (Lipinski definition) is 3. The molecule has 5 atom stereocenters. The molecule has 0 radical (unpaired) electrons. The van der Waals surface area contributed by atoms with Crippen molar-refractivity contribution in [2.75, 3.05) is 6.54 Å². The van der Waals surface area contributed by atoms with Gasteiger partial charge in [0.15, 0.2) is 0 Å². The van der Waals surface area contributed by atoms with Crippen LogP contribution in [0.4, 0.5) is 0 Å². The van der Waals surface area contributed by atoms with Gasteiger partial charge in [0.2, 0.25) is 0 Å². The number of pyridine rings is 1. The van der Waals surface area contributed by atoms with Crippen molar-refractivity contribution >= 4 is 17.5 Å². The molecular weight excluding hydrogens is 264 g/mol. The number of halogens is 1. The minimum Gasteiger partial charge on any atom is -0.391 e. The molecule has 3 fully saturated rings. The lowest BCUT2D eigenvalue weighted by atomic mass is 9.88. The molecule has 4 nitrogen and oxygen atoms in total. The van der Waals surface area contributed by atoms with E-state index in [1.54, 1.807) is 18.3 Å². The number of amides is 1. The van der Waals surface area contributed by atoms with Gasteiger partial charge in [-0.3, -0.25) is 4.79 Å². The Bertz CT molecular complexity index is 548. The first-order valence-electron chi connectivity index (χ1n) is 6.76. The molecule has 2 bridgehead atoms. The first-order valence-corrected chi connectivity index (χ1v) is 7.14. The molecule has 100 valence electrons. The highest BCUT2D eigenvalue weighted by Crippen LogP contribution is 2.55. The van der Waals surface area contributed by atoms with Crippen molar-refractivity contribution in [1.82, 2.24) is 9.88 Å². The van der Waals surface area contributed by atoms with Gasteiger partial charge in [0.1, 0.15) is 5.15 Å². The normalized spacial score (nSPS) is 39.1. The van der Waals surface area contributed by atoms with Gasteiger partial charge in [-0.1, -0.05) is 11.6 Å². The number of nitrogens with zero attached hydrogens (tertiary/aromatic N) is 2. The van der Waals surface area contributed by atoms with Gasteiger partial charge in [0, 0.05) is 12.7 Å². The van der Waals surface area contributed by atoms with E-state index in [0.717, 1.165) is 19.4 Å². The second-order valence-electron chi connectivity index (χ2n) is 5.94. The highest BCUT2D eigenvalue weighted by atomic mass is 35.5. The maximum Gasteiger partial charge on any atom is 0.257 e. The number of carbonyl (C=O) groups excluding carboxylic acids is 1. The topological polar surface area (TPSA) is 53.4 Å². The Kier molecular flexibility index (Phi) is 2.42. The molecule has 4 rings (SSSR count). The van der Waals surface area contributed by atoms with E-state index >= 15 is 0 Å². The fraction of sp³-hybridized carbons (Fsp3) is 0.571. The summed E-state index contributed by atoms with van der Waals surface area (Å²) in [6.07, 6.45) is 3.35. The van der Waals surface area contributed by atoms with Crippen molar-refractivity contribution in [2.24, 2.45) is 17.8 Å². The fourth-order valence-electron chi connectivity index (χ4n) is 4.35. The molecule has 1 N–H and O–H groups in total. The molecule has 1 aromatic rings. The minimum absolute atomic E-state index is 0.00692. The van der Waals surface area contributed by atoms with Crippen LogP contribution in [-0.2, 0) is 0 Å². The third-order valence-electron chi connectivity index (χ3n) is 5.10. The quantitative estimate of drug-likeness (QED) is 0.794. The van der Waals surface area contributed by atoms with Gasteiger partial charge in [0.25, 0.3) is 5.91 Å². The molecule has 3 aliphatic rings. The summed E-state index contributed by atoms with van der Waals surface area (Å²) in [5.41, 5.74) is 0.445. The molecule has 19 heavy (non-hydrogen) atoms. The first-order chi connectivity index (χ1) is 9.16. The van der Waals surface area contributed by atoms with Crippen LogP contribution in [0.15, 0.2) is 18.3 Å². The number of rotatable bonds is 1. The summed E-state index contributed by atoms with van der Waals surface area (Å²) in [6.45, 7) is 0.757. The SMILES string of the molecule is O=C(c1cccnc1Cl)N1CC2CC3CC2C1C3O. The van der Waals surface area contributed by atoms with Crippen LogP contribution in [0.25, 0.3) is 0 Å². The average Bonchev–Trinajstić information content (AvgIpc) is 2.99. The molecule has 1 aliphatic heterocycles.